The van der Waals surface area contributed by atoms with Gasteiger partial charge in [0, 0.05) is 18.0 Å². The van der Waals surface area contributed by atoms with Crippen molar-refractivity contribution in [3.63, 3.8) is 0 Å². The van der Waals surface area contributed by atoms with Crippen LogP contribution >= 0.6 is 11.3 Å². The van der Waals surface area contributed by atoms with Crippen LogP contribution in [0.3, 0.4) is 0 Å². The molecule has 0 aromatic carbocycles. The minimum atomic E-state index is -0.0993. The fraction of sp³-hybridized carbons (Fsp3) is 0.583. The summed E-state index contributed by atoms with van der Waals surface area (Å²) in [5.41, 5.74) is 0. The molecule has 0 fully saturated rings. The predicted molar refractivity (Wildman–Crippen MR) is 71.5 cm³/mol. The molecule has 3 N–H and O–H groups in total. The first-order valence-corrected chi connectivity index (χ1v) is 6.82. The number of thiophene rings is 1. The quantitative estimate of drug-likeness (QED) is 0.632. The number of aliphatic hydroxyl groups is 2. The van der Waals surface area contributed by atoms with Crippen molar-refractivity contribution in [2.45, 2.75) is 13.0 Å². The van der Waals surface area contributed by atoms with E-state index >= 15 is 0 Å². The van der Waals surface area contributed by atoms with Crippen LogP contribution in [0.15, 0.2) is 17.5 Å². The normalized spacial score (nSPS) is 12.7. The molecule has 0 bridgehead atoms. The SMILES string of the molecule is CC(NC(=O)CN(CCO)CCO)c1cccs1. The van der Waals surface area contributed by atoms with E-state index in [1.807, 2.05) is 24.4 Å². The molecule has 6 heteroatoms. The highest BCUT2D eigenvalue weighted by Gasteiger charge is 2.13. The molecule has 1 heterocycles. The van der Waals surface area contributed by atoms with Gasteiger partial charge >= 0.3 is 0 Å². The van der Waals surface area contributed by atoms with Crippen molar-refractivity contribution >= 4 is 17.2 Å². The average molecular weight is 272 g/mol. The summed E-state index contributed by atoms with van der Waals surface area (Å²) in [5.74, 6) is -0.0993. The van der Waals surface area contributed by atoms with Gasteiger partial charge in [0.15, 0.2) is 0 Å². The van der Waals surface area contributed by atoms with Crippen molar-refractivity contribution in [1.29, 1.82) is 0 Å². The van der Waals surface area contributed by atoms with Crippen LogP contribution in [0.4, 0.5) is 0 Å². The summed E-state index contributed by atoms with van der Waals surface area (Å²) in [7, 11) is 0. The van der Waals surface area contributed by atoms with Gasteiger partial charge in [-0.1, -0.05) is 6.07 Å². The summed E-state index contributed by atoms with van der Waals surface area (Å²) in [5, 5.41) is 22.6. The smallest absolute Gasteiger partial charge is 0.234 e. The van der Waals surface area contributed by atoms with Gasteiger partial charge in [0.25, 0.3) is 0 Å². The number of aliphatic hydroxyl groups excluding tert-OH is 2. The lowest BCUT2D eigenvalue weighted by Gasteiger charge is -2.20. The van der Waals surface area contributed by atoms with Gasteiger partial charge in [-0.05, 0) is 18.4 Å². The van der Waals surface area contributed by atoms with Crippen LogP contribution in [0.1, 0.15) is 17.8 Å². The maximum absolute atomic E-state index is 11.8. The Morgan fingerprint density at radius 3 is 2.61 bits per heavy atom. The number of carbonyl (C=O) groups is 1. The second-order valence-electron chi connectivity index (χ2n) is 4.03. The highest BCUT2D eigenvalue weighted by Crippen LogP contribution is 2.17. The lowest BCUT2D eigenvalue weighted by atomic mass is 10.2. The predicted octanol–water partition coefficient (Wildman–Crippen LogP) is 0.212. The first kappa shape index (κ1) is 15.1. The molecule has 0 aliphatic carbocycles. The number of hydrogen-bond acceptors (Lipinski definition) is 5. The Balaban J connectivity index is 2.39. The van der Waals surface area contributed by atoms with Crippen molar-refractivity contribution in [3.05, 3.63) is 22.4 Å². The van der Waals surface area contributed by atoms with Gasteiger partial charge in [-0.3, -0.25) is 9.69 Å². The molecule has 1 aromatic rings. The lowest BCUT2D eigenvalue weighted by Crippen LogP contribution is -2.40. The van der Waals surface area contributed by atoms with E-state index in [0.717, 1.165) is 4.88 Å². The van der Waals surface area contributed by atoms with E-state index < -0.39 is 0 Å². The fourth-order valence-corrected chi connectivity index (χ4v) is 2.39. The van der Waals surface area contributed by atoms with Gasteiger partial charge in [-0.25, -0.2) is 0 Å². The van der Waals surface area contributed by atoms with Crippen LogP contribution in [0.25, 0.3) is 0 Å². The second-order valence-corrected chi connectivity index (χ2v) is 5.01. The van der Waals surface area contributed by atoms with Crippen LogP contribution < -0.4 is 5.32 Å². The summed E-state index contributed by atoms with van der Waals surface area (Å²) in [6.45, 7) is 2.87. The Kier molecular flexibility index (Phi) is 6.89. The monoisotopic (exact) mass is 272 g/mol. The number of amides is 1. The van der Waals surface area contributed by atoms with E-state index in [-0.39, 0.29) is 31.7 Å². The molecule has 0 saturated heterocycles. The molecule has 0 aliphatic rings. The van der Waals surface area contributed by atoms with Crippen LogP contribution in [0.5, 0.6) is 0 Å². The van der Waals surface area contributed by atoms with Crippen molar-refractivity contribution in [2.24, 2.45) is 0 Å². The summed E-state index contributed by atoms with van der Waals surface area (Å²) in [4.78, 5) is 14.6. The molecule has 0 radical (unpaired) electrons. The van der Waals surface area contributed by atoms with Crippen LogP contribution in [0, 0.1) is 0 Å². The Morgan fingerprint density at radius 1 is 1.44 bits per heavy atom. The Labute approximate surface area is 111 Å². The van der Waals surface area contributed by atoms with E-state index in [2.05, 4.69) is 5.32 Å². The molecule has 1 amide bonds. The average Bonchev–Trinajstić information content (AvgIpc) is 2.82. The van der Waals surface area contributed by atoms with E-state index in [0.29, 0.717) is 13.1 Å². The molecule has 18 heavy (non-hydrogen) atoms. The zero-order valence-corrected chi connectivity index (χ0v) is 11.3. The highest BCUT2D eigenvalue weighted by atomic mass is 32.1. The molecular weight excluding hydrogens is 252 g/mol. The molecule has 1 unspecified atom stereocenters. The molecule has 5 nitrogen and oxygen atoms in total. The van der Waals surface area contributed by atoms with Crippen molar-refractivity contribution in [2.75, 3.05) is 32.8 Å². The molecular formula is C12H20N2O3S. The number of hydrogen-bond donors (Lipinski definition) is 3. The third-order valence-corrected chi connectivity index (χ3v) is 3.60. The van der Waals surface area contributed by atoms with E-state index in [9.17, 15) is 4.79 Å². The van der Waals surface area contributed by atoms with Gasteiger partial charge in [0.05, 0.1) is 25.8 Å². The fourth-order valence-electron chi connectivity index (χ4n) is 1.65. The maximum atomic E-state index is 11.8. The summed E-state index contributed by atoms with van der Waals surface area (Å²) < 4.78 is 0. The largest absolute Gasteiger partial charge is 0.395 e. The van der Waals surface area contributed by atoms with E-state index in [1.165, 1.54) is 0 Å². The lowest BCUT2D eigenvalue weighted by molar-refractivity contribution is -0.123. The van der Waals surface area contributed by atoms with Gasteiger partial charge < -0.3 is 15.5 Å². The van der Waals surface area contributed by atoms with Crippen molar-refractivity contribution < 1.29 is 15.0 Å². The van der Waals surface area contributed by atoms with Crippen LogP contribution in [-0.4, -0.2) is 53.9 Å². The molecule has 1 atom stereocenters. The summed E-state index contributed by atoms with van der Waals surface area (Å²) >= 11 is 1.60. The van der Waals surface area contributed by atoms with Crippen molar-refractivity contribution in [3.8, 4) is 0 Å². The Bertz CT molecular complexity index is 337. The first-order valence-electron chi connectivity index (χ1n) is 5.94. The topological polar surface area (TPSA) is 72.8 Å². The van der Waals surface area contributed by atoms with E-state index in [1.54, 1.807) is 16.2 Å². The Morgan fingerprint density at radius 2 is 2.11 bits per heavy atom. The molecule has 102 valence electrons. The summed E-state index contributed by atoms with van der Waals surface area (Å²) in [6, 6.07) is 3.92. The standard InChI is InChI=1S/C12H20N2O3S/c1-10(11-3-2-8-18-11)13-12(17)9-14(4-6-15)5-7-16/h2-3,8,10,15-16H,4-7,9H2,1H3,(H,13,17). The molecule has 1 rings (SSSR count). The third-order valence-electron chi connectivity index (χ3n) is 2.55. The zero-order chi connectivity index (χ0) is 13.4. The van der Waals surface area contributed by atoms with Gasteiger partial charge in [-0.2, -0.15) is 0 Å². The molecule has 0 spiro atoms. The van der Waals surface area contributed by atoms with Crippen molar-refractivity contribution in [1.82, 2.24) is 10.2 Å². The number of nitrogens with zero attached hydrogens (tertiary/aromatic N) is 1. The number of rotatable bonds is 8. The number of nitrogens with one attached hydrogen (secondary N) is 1. The molecule has 0 saturated carbocycles. The second kappa shape index (κ2) is 8.20. The van der Waals surface area contributed by atoms with E-state index in [4.69, 9.17) is 10.2 Å². The third kappa shape index (κ3) is 5.14. The molecule has 0 aliphatic heterocycles. The zero-order valence-electron chi connectivity index (χ0n) is 10.5. The minimum Gasteiger partial charge on any atom is -0.395 e. The summed E-state index contributed by atoms with van der Waals surface area (Å²) in [6.07, 6.45) is 0. The Hall–Kier alpha value is -0.950. The van der Waals surface area contributed by atoms with Gasteiger partial charge in [0.2, 0.25) is 5.91 Å². The minimum absolute atomic E-state index is 0.0115. The maximum Gasteiger partial charge on any atom is 0.234 e. The highest BCUT2D eigenvalue weighted by molar-refractivity contribution is 7.10. The van der Waals surface area contributed by atoms with Gasteiger partial charge in [-0.15, -0.1) is 11.3 Å². The number of carbonyl (C=O) groups excluding carboxylic acids is 1. The molecule has 1 aromatic heterocycles. The van der Waals surface area contributed by atoms with Crippen LogP contribution in [0.2, 0.25) is 0 Å². The van der Waals surface area contributed by atoms with Crippen LogP contribution in [-0.2, 0) is 4.79 Å². The first-order chi connectivity index (χ1) is 8.67. The van der Waals surface area contributed by atoms with Gasteiger partial charge in [0.1, 0.15) is 0 Å².